The molecule has 11 nitrogen and oxygen atoms in total. The normalized spacial score (nSPS) is 18.2. The highest BCUT2D eigenvalue weighted by Crippen LogP contribution is 2.41. The number of hydrogen-bond donors (Lipinski definition) is 0. The monoisotopic (exact) mass is 1110 g/mol. The van der Waals surface area contributed by atoms with Crippen LogP contribution >= 0.6 is 0 Å². The van der Waals surface area contributed by atoms with Crippen molar-refractivity contribution in [1.82, 2.24) is 0 Å². The fourth-order valence-corrected chi connectivity index (χ4v) is 14.8. The van der Waals surface area contributed by atoms with Crippen molar-refractivity contribution in [3.63, 3.8) is 0 Å². The summed E-state index contributed by atoms with van der Waals surface area (Å²) in [5.74, 6) is 1.46. The van der Waals surface area contributed by atoms with E-state index in [1.54, 1.807) is 28.4 Å². The second-order valence-electron chi connectivity index (χ2n) is 23.4. The van der Waals surface area contributed by atoms with Gasteiger partial charge in [-0.3, -0.25) is 0 Å². The van der Waals surface area contributed by atoms with Crippen LogP contribution in [-0.4, -0.2) is 102 Å². The van der Waals surface area contributed by atoms with Crippen molar-refractivity contribution in [2.75, 3.05) is 42.0 Å². The molecule has 438 valence electrons. The van der Waals surface area contributed by atoms with Gasteiger partial charge in [-0.1, -0.05) is 163 Å². The molecule has 0 radical (unpaired) electrons. The fraction of sp³-hybridized carbons (Fsp3) is 0.672. The predicted molar refractivity (Wildman–Crippen MR) is 322 cm³/mol. The summed E-state index contributed by atoms with van der Waals surface area (Å²) in [4.78, 5) is 12.5. The third-order valence-electron chi connectivity index (χ3n) is 16.4. The minimum atomic E-state index is -2.34. The third kappa shape index (κ3) is 23.0. The van der Waals surface area contributed by atoms with Gasteiger partial charge in [0.25, 0.3) is 0 Å². The first-order chi connectivity index (χ1) is 36.4. The Morgan fingerprint density at radius 1 is 0.610 bits per heavy atom. The number of methoxy groups -OCH3 is 4. The van der Waals surface area contributed by atoms with Crippen LogP contribution in [-0.2, 0) is 55.3 Å². The zero-order chi connectivity index (χ0) is 57.9. The highest BCUT2D eigenvalue weighted by Gasteiger charge is 2.43. The Labute approximate surface area is 471 Å². The molecular formula is C64H108O11Si2. The van der Waals surface area contributed by atoms with E-state index < -0.39 is 22.7 Å². The summed E-state index contributed by atoms with van der Waals surface area (Å²) in [6, 6.07) is 19.2. The Morgan fingerprint density at radius 2 is 1.12 bits per heavy atom. The molecule has 0 heterocycles. The van der Waals surface area contributed by atoms with Crippen LogP contribution in [0.15, 0.2) is 97.1 Å². The minimum absolute atomic E-state index is 0.0278. The largest absolute Gasteiger partial charge is 0.497 e. The highest BCUT2D eigenvalue weighted by atomic mass is 28.4. The maximum absolute atomic E-state index is 12.5. The molecule has 0 bridgehead atoms. The molecule has 13 heteroatoms. The Bertz CT molecular complexity index is 2000. The van der Waals surface area contributed by atoms with Crippen molar-refractivity contribution < 1.29 is 51.5 Å². The number of rotatable bonds is 40. The molecular weight excluding hydrogens is 1000 g/mol. The first-order valence-corrected chi connectivity index (χ1v) is 34.0. The topological polar surface area (TPSA) is 109 Å². The van der Waals surface area contributed by atoms with E-state index >= 15 is 0 Å². The maximum Gasteiger partial charge on any atom is 0.192 e. The molecule has 2 aromatic rings. The van der Waals surface area contributed by atoms with Gasteiger partial charge in [0.1, 0.15) is 31.4 Å². The first-order valence-electron chi connectivity index (χ1n) is 28.6. The van der Waals surface area contributed by atoms with Gasteiger partial charge in [-0.2, -0.15) is 0 Å². The number of ether oxygens (including phenoxy) is 8. The summed E-state index contributed by atoms with van der Waals surface area (Å²) in [5, 5.41) is -0.0619. The van der Waals surface area contributed by atoms with Crippen molar-refractivity contribution >= 4 is 22.9 Å². The van der Waals surface area contributed by atoms with Gasteiger partial charge in [0, 0.05) is 50.2 Å². The van der Waals surface area contributed by atoms with Crippen LogP contribution in [0.4, 0.5) is 0 Å². The lowest BCUT2D eigenvalue weighted by Crippen LogP contribution is -2.49. The molecule has 0 aromatic heterocycles. The van der Waals surface area contributed by atoms with Crippen LogP contribution in [0.1, 0.15) is 121 Å². The van der Waals surface area contributed by atoms with E-state index in [2.05, 4.69) is 146 Å². The van der Waals surface area contributed by atoms with Gasteiger partial charge in [-0.15, -0.1) is 0 Å². The van der Waals surface area contributed by atoms with Gasteiger partial charge in [-0.25, -0.2) is 0 Å². The molecule has 77 heavy (non-hydrogen) atoms. The quantitative estimate of drug-likeness (QED) is 0.0209. The molecule has 2 rings (SSSR count). The summed E-state index contributed by atoms with van der Waals surface area (Å²) < 4.78 is 63.4. The number of benzene rings is 2. The van der Waals surface area contributed by atoms with Gasteiger partial charge >= 0.3 is 0 Å². The van der Waals surface area contributed by atoms with Crippen molar-refractivity contribution in [3.8, 4) is 11.5 Å². The molecule has 0 N–H and O–H groups in total. The molecule has 0 spiro atoms. The van der Waals surface area contributed by atoms with E-state index in [0.717, 1.165) is 53.5 Å². The molecule has 0 amide bonds. The van der Waals surface area contributed by atoms with Gasteiger partial charge in [-0.05, 0) is 96.8 Å². The number of aldehydes is 1. The lowest BCUT2D eigenvalue weighted by molar-refractivity contribution is -0.122. The van der Waals surface area contributed by atoms with Gasteiger partial charge in [0.05, 0.1) is 64.1 Å². The standard InChI is InChI=1S/C64H108O11Si2/c1-22-26-27-47(6)63(75-77(23-2,24-3)25-4)53(12)61(70-42-54-29-34-56(68-18)35-30-54)50(9)39-46(5)38-49(8)60(73-45-67-17)48(7)28-33-58(72-44-66-16)40-59(74-76(20,21)64(13,14)15)52(11)62(51(10)41-65)71-43-55-31-36-57(69-19)37-32-55/h22,26-38,41,47-53,58-63H,1,23-25,39-40,42-45H2,2-21H3/b27-26-,33-28-,46-38-/t47-,48-,49-,50-,51-,52-,53-,58+,59-,60-,61+,62+,63-/m0/s1. The summed E-state index contributed by atoms with van der Waals surface area (Å²) >= 11 is 0. The van der Waals surface area contributed by atoms with E-state index in [1.807, 2.05) is 55.5 Å². The van der Waals surface area contributed by atoms with Crippen LogP contribution in [0.3, 0.4) is 0 Å². The summed E-state index contributed by atoms with van der Waals surface area (Å²) in [7, 11) is 2.31. The van der Waals surface area contributed by atoms with Gasteiger partial charge in [0.15, 0.2) is 16.6 Å². The molecule has 0 aliphatic rings. The molecule has 0 fully saturated rings. The molecule has 0 aliphatic heterocycles. The minimum Gasteiger partial charge on any atom is -0.497 e. The summed E-state index contributed by atoms with van der Waals surface area (Å²) in [5.41, 5.74) is 3.36. The van der Waals surface area contributed by atoms with Crippen LogP contribution in [0.2, 0.25) is 36.3 Å². The lowest BCUT2D eigenvalue weighted by atomic mass is 9.81. The average molecular weight is 1110 g/mol. The van der Waals surface area contributed by atoms with E-state index in [-0.39, 0.29) is 90.6 Å². The van der Waals surface area contributed by atoms with Gasteiger partial charge in [0.2, 0.25) is 0 Å². The SMILES string of the molecule is C=C/C=C\[C@H](C)[C@H](O[Si](CC)(CC)CC)[C@@H](C)[C@H](OCc1ccc(OC)cc1)[C@@H](C)C/C(C)=C\[C@H](C)[C@@H](OCOC)[C@@H](C)/C=C\[C@H](C[C@H](O[Si](C)(C)C(C)(C)C)[C@H](C)[C@H](OCc1ccc(OC)cc1)[C@@H](C)C=O)OCOC. The Hall–Kier alpha value is -3.22. The van der Waals surface area contributed by atoms with Crippen LogP contribution < -0.4 is 9.47 Å². The average Bonchev–Trinajstić information content (AvgIpc) is 3.40. The molecule has 0 saturated carbocycles. The number of carbonyl (C=O) groups is 1. The molecule has 13 atom stereocenters. The Balaban J connectivity index is 2.57. The zero-order valence-corrected chi connectivity index (χ0v) is 53.7. The number of carbonyl (C=O) groups excluding carboxylic acids is 1. The lowest BCUT2D eigenvalue weighted by Gasteiger charge is -2.43. The van der Waals surface area contributed by atoms with Crippen molar-refractivity contribution in [3.05, 3.63) is 108 Å². The van der Waals surface area contributed by atoms with Crippen LogP contribution in [0.25, 0.3) is 0 Å². The second kappa shape index (κ2) is 35.5. The Kier molecular flexibility index (Phi) is 32.2. The summed E-state index contributed by atoms with van der Waals surface area (Å²) in [6.45, 7) is 40.9. The zero-order valence-electron chi connectivity index (χ0n) is 51.7. The van der Waals surface area contributed by atoms with E-state index in [9.17, 15) is 4.79 Å². The molecule has 0 unspecified atom stereocenters. The second-order valence-corrected chi connectivity index (χ2v) is 32.8. The smallest absolute Gasteiger partial charge is 0.192 e. The highest BCUT2D eigenvalue weighted by molar-refractivity contribution is 6.74. The maximum atomic E-state index is 12.5. The fourth-order valence-electron chi connectivity index (χ4n) is 10.4. The molecule has 0 saturated heterocycles. The first kappa shape index (κ1) is 69.9. The summed E-state index contributed by atoms with van der Waals surface area (Å²) in [6.07, 6.45) is 13.7. The number of hydrogen-bond acceptors (Lipinski definition) is 11. The van der Waals surface area contributed by atoms with Gasteiger partial charge < -0.3 is 51.5 Å². The third-order valence-corrected chi connectivity index (χ3v) is 25.5. The van der Waals surface area contributed by atoms with Crippen LogP contribution in [0, 0.1) is 41.4 Å². The van der Waals surface area contributed by atoms with Crippen LogP contribution in [0.5, 0.6) is 11.5 Å². The molecule has 2 aromatic carbocycles. The van der Waals surface area contributed by atoms with Crippen molar-refractivity contribution in [1.29, 1.82) is 0 Å². The van der Waals surface area contributed by atoms with Crippen molar-refractivity contribution in [2.45, 2.75) is 196 Å². The Morgan fingerprint density at radius 3 is 1.58 bits per heavy atom. The van der Waals surface area contributed by atoms with E-state index in [4.69, 9.17) is 46.7 Å². The van der Waals surface area contributed by atoms with Crippen molar-refractivity contribution in [2.24, 2.45) is 41.4 Å². The predicted octanol–water partition coefficient (Wildman–Crippen LogP) is 15.6. The number of allylic oxidation sites excluding steroid dienone is 3. The molecule has 0 aliphatic carbocycles. The van der Waals surface area contributed by atoms with E-state index in [1.165, 1.54) is 5.57 Å². The van der Waals surface area contributed by atoms with E-state index in [0.29, 0.717) is 19.6 Å².